The number of benzene rings is 3. The molecule has 4 aromatic rings. The summed E-state index contributed by atoms with van der Waals surface area (Å²) in [5.41, 5.74) is 5.83. The van der Waals surface area contributed by atoms with E-state index in [1.165, 1.54) is 6.08 Å². The summed E-state index contributed by atoms with van der Waals surface area (Å²) in [6.45, 7) is 0.669. The van der Waals surface area contributed by atoms with Gasteiger partial charge in [-0.15, -0.1) is 0 Å². The molecule has 6 heteroatoms. The predicted molar refractivity (Wildman–Crippen MR) is 143 cm³/mol. The summed E-state index contributed by atoms with van der Waals surface area (Å²) in [5, 5.41) is 5.64. The zero-order valence-electron chi connectivity index (χ0n) is 19.9. The zero-order chi connectivity index (χ0) is 24.7. The van der Waals surface area contributed by atoms with E-state index in [1.54, 1.807) is 6.08 Å². The van der Waals surface area contributed by atoms with Gasteiger partial charge < -0.3 is 15.6 Å². The molecule has 1 unspecified atom stereocenters. The number of nitrogens with one attached hydrogen (secondary N) is 3. The number of imidazole rings is 1. The maximum atomic E-state index is 12.3. The quantitative estimate of drug-likeness (QED) is 0.334. The van der Waals surface area contributed by atoms with E-state index in [2.05, 4.69) is 39.9 Å². The summed E-state index contributed by atoms with van der Waals surface area (Å²) in [7, 11) is 0. The van der Waals surface area contributed by atoms with Crippen LogP contribution in [0.15, 0.2) is 91.0 Å². The van der Waals surface area contributed by atoms with E-state index in [0.29, 0.717) is 13.0 Å². The van der Waals surface area contributed by atoms with Gasteiger partial charge in [-0.05, 0) is 30.9 Å². The largest absolute Gasteiger partial charge is 0.354 e. The first-order chi connectivity index (χ1) is 17.7. The molecule has 1 fully saturated rings. The molecule has 0 radical (unpaired) electrons. The van der Waals surface area contributed by atoms with Crippen LogP contribution in [0.1, 0.15) is 24.8 Å². The van der Waals surface area contributed by atoms with Gasteiger partial charge in [0.25, 0.3) is 0 Å². The number of carbonyl (C=O) groups excluding carboxylic acids is 2. The molecule has 2 heterocycles. The Hall–Kier alpha value is -4.45. The van der Waals surface area contributed by atoms with Gasteiger partial charge in [-0.2, -0.15) is 0 Å². The van der Waals surface area contributed by atoms with E-state index in [0.717, 1.165) is 52.3 Å². The first kappa shape index (κ1) is 23.3. The number of amides is 2. The molecule has 36 heavy (non-hydrogen) atoms. The van der Waals surface area contributed by atoms with Crippen LogP contribution < -0.4 is 10.6 Å². The van der Waals surface area contributed by atoms with Crippen LogP contribution >= 0.6 is 0 Å². The second-order valence-electron chi connectivity index (χ2n) is 8.84. The van der Waals surface area contributed by atoms with Gasteiger partial charge >= 0.3 is 0 Å². The highest BCUT2D eigenvalue weighted by Crippen LogP contribution is 2.33. The van der Waals surface area contributed by atoms with Crippen molar-refractivity contribution in [1.82, 2.24) is 20.6 Å². The van der Waals surface area contributed by atoms with E-state index in [1.807, 2.05) is 60.7 Å². The fraction of sp³-hybridized carbons (Fsp3) is 0.167. The van der Waals surface area contributed by atoms with Crippen molar-refractivity contribution >= 4 is 17.9 Å². The summed E-state index contributed by atoms with van der Waals surface area (Å²) in [6.07, 6.45) is 5.75. The molecule has 1 aromatic heterocycles. The zero-order valence-corrected chi connectivity index (χ0v) is 19.9. The molecular formula is C30H28N4O2. The molecule has 3 aromatic carbocycles. The number of aromatic amines is 1. The van der Waals surface area contributed by atoms with Crippen LogP contribution in [0.3, 0.4) is 0 Å². The number of carbonyl (C=O) groups is 2. The Balaban J connectivity index is 1.34. The lowest BCUT2D eigenvalue weighted by Gasteiger charge is -2.13. The monoisotopic (exact) mass is 476 g/mol. The van der Waals surface area contributed by atoms with E-state index in [4.69, 9.17) is 4.98 Å². The Morgan fingerprint density at radius 3 is 2.28 bits per heavy atom. The molecule has 5 rings (SSSR count). The van der Waals surface area contributed by atoms with Crippen LogP contribution in [0.2, 0.25) is 0 Å². The number of aromatic nitrogens is 2. The van der Waals surface area contributed by atoms with Crippen LogP contribution in [0.25, 0.3) is 40.0 Å². The molecule has 6 nitrogen and oxygen atoms in total. The fourth-order valence-electron chi connectivity index (χ4n) is 4.35. The molecule has 0 bridgehead atoms. The maximum absolute atomic E-state index is 12.3. The summed E-state index contributed by atoms with van der Waals surface area (Å²) in [5.74, 6) is 0.398. The molecule has 1 saturated heterocycles. The first-order valence-electron chi connectivity index (χ1n) is 12.2. The van der Waals surface area contributed by atoms with E-state index < -0.39 is 6.04 Å². The van der Waals surface area contributed by atoms with Crippen LogP contribution in [-0.2, 0) is 9.59 Å². The minimum atomic E-state index is -0.469. The fourth-order valence-corrected chi connectivity index (χ4v) is 4.35. The van der Waals surface area contributed by atoms with Crippen molar-refractivity contribution in [1.29, 1.82) is 0 Å². The number of rotatable bonds is 6. The lowest BCUT2D eigenvalue weighted by molar-refractivity contribution is -0.126. The summed E-state index contributed by atoms with van der Waals surface area (Å²) in [4.78, 5) is 32.8. The normalized spacial score (nSPS) is 15.9. The maximum Gasteiger partial charge on any atom is 0.244 e. The van der Waals surface area contributed by atoms with Crippen LogP contribution in [0.4, 0.5) is 0 Å². The summed E-state index contributed by atoms with van der Waals surface area (Å²) < 4.78 is 0. The van der Waals surface area contributed by atoms with Crippen molar-refractivity contribution < 1.29 is 9.59 Å². The van der Waals surface area contributed by atoms with Crippen molar-refractivity contribution in [3.8, 4) is 33.9 Å². The lowest BCUT2D eigenvalue weighted by Crippen LogP contribution is -2.44. The SMILES string of the molecule is O=C(/C=C/c1ccc(-c2nc(-c3ccccc3)c(-c3ccccc3)[nH]2)cc1)NC1CCCCNC1=O. The number of hydrogen-bond donors (Lipinski definition) is 3. The van der Waals surface area contributed by atoms with Gasteiger partial charge in [-0.3, -0.25) is 9.59 Å². The van der Waals surface area contributed by atoms with Crippen molar-refractivity contribution in [2.75, 3.05) is 6.54 Å². The highest BCUT2D eigenvalue weighted by Gasteiger charge is 2.21. The van der Waals surface area contributed by atoms with Crippen LogP contribution in [-0.4, -0.2) is 34.4 Å². The highest BCUT2D eigenvalue weighted by molar-refractivity contribution is 5.95. The van der Waals surface area contributed by atoms with Gasteiger partial charge in [-0.1, -0.05) is 84.9 Å². The molecule has 1 aliphatic rings. The Kier molecular flexibility index (Phi) is 7.03. The minimum absolute atomic E-state index is 0.109. The van der Waals surface area contributed by atoms with Gasteiger partial charge in [0.05, 0.1) is 11.4 Å². The van der Waals surface area contributed by atoms with E-state index in [-0.39, 0.29) is 11.8 Å². The average Bonchev–Trinajstić information content (AvgIpc) is 3.28. The second-order valence-corrected chi connectivity index (χ2v) is 8.84. The van der Waals surface area contributed by atoms with Gasteiger partial charge in [0, 0.05) is 29.3 Å². The van der Waals surface area contributed by atoms with Crippen molar-refractivity contribution in [3.63, 3.8) is 0 Å². The molecule has 3 N–H and O–H groups in total. The van der Waals surface area contributed by atoms with Crippen molar-refractivity contribution in [2.45, 2.75) is 25.3 Å². The van der Waals surface area contributed by atoms with Crippen LogP contribution in [0.5, 0.6) is 0 Å². The molecule has 0 aliphatic carbocycles. The smallest absolute Gasteiger partial charge is 0.244 e. The molecule has 1 atom stereocenters. The van der Waals surface area contributed by atoms with Crippen molar-refractivity contribution in [3.05, 3.63) is 96.6 Å². The highest BCUT2D eigenvalue weighted by atomic mass is 16.2. The van der Waals surface area contributed by atoms with Gasteiger partial charge in [0.15, 0.2) is 0 Å². The Morgan fingerprint density at radius 2 is 1.56 bits per heavy atom. The Morgan fingerprint density at radius 1 is 0.861 bits per heavy atom. The van der Waals surface area contributed by atoms with E-state index >= 15 is 0 Å². The molecule has 1 aliphatic heterocycles. The Labute approximate surface area is 210 Å². The third-order valence-corrected chi connectivity index (χ3v) is 6.28. The molecule has 0 saturated carbocycles. The third kappa shape index (κ3) is 5.44. The first-order valence-corrected chi connectivity index (χ1v) is 12.2. The number of H-pyrrole nitrogens is 1. The minimum Gasteiger partial charge on any atom is -0.354 e. The molecule has 180 valence electrons. The third-order valence-electron chi connectivity index (χ3n) is 6.28. The average molecular weight is 477 g/mol. The molecular weight excluding hydrogens is 448 g/mol. The topological polar surface area (TPSA) is 86.9 Å². The molecule has 0 spiro atoms. The van der Waals surface area contributed by atoms with Crippen LogP contribution in [0, 0.1) is 0 Å². The van der Waals surface area contributed by atoms with Gasteiger partial charge in [0.2, 0.25) is 11.8 Å². The molecule has 2 amide bonds. The van der Waals surface area contributed by atoms with Gasteiger partial charge in [-0.25, -0.2) is 4.98 Å². The number of hydrogen-bond acceptors (Lipinski definition) is 3. The lowest BCUT2D eigenvalue weighted by atomic mass is 10.1. The summed E-state index contributed by atoms with van der Waals surface area (Å²) >= 11 is 0. The Bertz CT molecular complexity index is 1300. The predicted octanol–water partition coefficient (Wildman–Crippen LogP) is 5.21. The number of nitrogens with zero attached hydrogens (tertiary/aromatic N) is 1. The van der Waals surface area contributed by atoms with E-state index in [9.17, 15) is 9.59 Å². The standard InChI is InChI=1S/C30H28N4O2/c35-26(32-25-13-7-8-20-31-30(25)36)19-16-21-14-17-24(18-15-21)29-33-27(22-9-3-1-4-10-22)28(34-29)23-11-5-2-6-12-23/h1-6,9-12,14-19,25H,7-8,13,20H2,(H,31,36)(H,32,35)(H,33,34)/b19-16+. The van der Waals surface area contributed by atoms with Crippen molar-refractivity contribution in [2.24, 2.45) is 0 Å². The second kappa shape index (κ2) is 10.9. The van der Waals surface area contributed by atoms with Gasteiger partial charge in [0.1, 0.15) is 11.9 Å². The summed E-state index contributed by atoms with van der Waals surface area (Å²) in [6, 6.07) is 27.7.